The zero-order valence-corrected chi connectivity index (χ0v) is 19.8. The van der Waals surface area contributed by atoms with Crippen LogP contribution in [-0.4, -0.2) is 37.4 Å². The van der Waals surface area contributed by atoms with Crippen LogP contribution in [-0.2, 0) is 0 Å². The van der Waals surface area contributed by atoms with Gasteiger partial charge in [-0.15, -0.1) is 23.2 Å². The van der Waals surface area contributed by atoms with Crippen LogP contribution < -0.4 is 10.4 Å². The summed E-state index contributed by atoms with van der Waals surface area (Å²) >= 11 is 19.9. The molecule has 0 radical (unpaired) electrons. The normalized spacial score (nSPS) is 15.1. The fraction of sp³-hybridized carbons (Fsp3) is 0.222. The van der Waals surface area contributed by atoms with Crippen LogP contribution in [0, 0.1) is 0 Å². The van der Waals surface area contributed by atoms with Crippen molar-refractivity contribution in [2.75, 3.05) is 11.0 Å². The largest absolute Gasteiger partial charge is 0.130 e. The highest BCUT2D eigenvalue weighted by molar-refractivity contribution is 7.03. The lowest BCUT2D eigenvalue weighted by molar-refractivity contribution is 1.71. The minimum absolute atomic E-state index is 0.631. The third-order valence-corrected chi connectivity index (χ3v) is 18.0. The molecule has 0 saturated carbocycles. The molecule has 2 unspecified atom stereocenters. The first-order chi connectivity index (χ1) is 11.6. The van der Waals surface area contributed by atoms with E-state index < -0.39 is 26.4 Å². The molecule has 0 saturated heterocycles. The smallest absolute Gasteiger partial charge is 0.130 e. The number of halogens is 3. The highest BCUT2D eigenvalue weighted by Gasteiger charge is 2.28. The van der Waals surface area contributed by atoms with Gasteiger partial charge < -0.3 is 0 Å². The Morgan fingerprint density at radius 3 is 1.54 bits per heavy atom. The van der Waals surface area contributed by atoms with Crippen LogP contribution in [0.25, 0.3) is 0 Å². The second-order valence-electron chi connectivity index (χ2n) is 6.19. The Kier molecular flexibility index (Phi) is 8.34. The Balaban J connectivity index is 2.52. The minimum atomic E-state index is -1.55. The van der Waals surface area contributed by atoms with Crippen molar-refractivity contribution in [3.8, 4) is 0 Å². The van der Waals surface area contributed by atoms with Gasteiger partial charge in [0.2, 0.25) is 0 Å². The summed E-state index contributed by atoms with van der Waals surface area (Å²) in [6.45, 7) is 4.72. The summed E-state index contributed by atoms with van der Waals surface area (Å²) in [5.74, 6) is 0. The van der Waals surface area contributed by atoms with E-state index in [4.69, 9.17) is 34.8 Å². The van der Waals surface area contributed by atoms with Crippen LogP contribution in [0.15, 0.2) is 70.1 Å². The van der Waals surface area contributed by atoms with E-state index >= 15 is 0 Å². The zero-order valence-electron chi connectivity index (χ0n) is 14.1. The topological polar surface area (TPSA) is 0 Å². The van der Waals surface area contributed by atoms with E-state index in [-0.39, 0.29) is 0 Å². The monoisotopic (exact) mass is 428 g/mol. The van der Waals surface area contributed by atoms with Gasteiger partial charge in [0.1, 0.15) is 17.6 Å². The molecule has 0 bridgehead atoms. The van der Waals surface area contributed by atoms with E-state index in [1.807, 2.05) is 6.07 Å². The van der Waals surface area contributed by atoms with Gasteiger partial charge in [0.25, 0.3) is 0 Å². The lowest BCUT2D eigenvalue weighted by Gasteiger charge is -2.25. The number of rotatable bonds is 7. The predicted octanol–water partition coefficient (Wildman–Crippen LogP) is 3.41. The van der Waals surface area contributed by atoms with Crippen LogP contribution in [0.2, 0.25) is 13.1 Å². The van der Waals surface area contributed by atoms with E-state index in [2.05, 4.69) is 67.7 Å². The molecule has 0 aliphatic rings. The van der Waals surface area contributed by atoms with E-state index in [1.165, 1.54) is 15.2 Å². The first-order valence-corrected chi connectivity index (χ1v) is 16.5. The van der Waals surface area contributed by atoms with Gasteiger partial charge in [0.15, 0.2) is 0 Å². The summed E-state index contributed by atoms with van der Waals surface area (Å²) in [4.78, 5) is 1.51. The first-order valence-electron chi connectivity index (χ1n) is 8.21. The highest BCUT2D eigenvalue weighted by Crippen LogP contribution is 2.21. The quantitative estimate of drug-likeness (QED) is 0.467. The fourth-order valence-electron chi connectivity index (χ4n) is 3.07. The molecule has 0 nitrogen and oxygen atoms in total. The van der Waals surface area contributed by atoms with Crippen LogP contribution in [0.3, 0.4) is 0 Å². The van der Waals surface area contributed by atoms with Crippen molar-refractivity contribution >= 4 is 71.6 Å². The minimum Gasteiger partial charge on any atom is -0.130 e. The molecule has 0 amide bonds. The molecule has 0 spiro atoms. The lowest BCUT2D eigenvalue weighted by Crippen LogP contribution is -2.43. The van der Waals surface area contributed by atoms with Crippen LogP contribution in [0.5, 0.6) is 0 Å². The van der Waals surface area contributed by atoms with Gasteiger partial charge in [-0.3, -0.25) is 0 Å². The van der Waals surface area contributed by atoms with Crippen LogP contribution in [0.4, 0.5) is 0 Å². The van der Waals surface area contributed by atoms with Crippen molar-refractivity contribution in [3.63, 3.8) is 0 Å². The Morgan fingerprint density at radius 1 is 0.750 bits per heavy atom. The number of alkyl halides is 2. The van der Waals surface area contributed by atoms with Gasteiger partial charge in [-0.2, -0.15) is 0 Å². The average molecular weight is 430 g/mol. The van der Waals surface area contributed by atoms with Gasteiger partial charge in [0.05, 0.1) is 8.80 Å². The third kappa shape index (κ3) is 4.87. The van der Waals surface area contributed by atoms with Crippen LogP contribution >= 0.6 is 34.8 Å². The fourth-order valence-corrected chi connectivity index (χ4v) is 18.4. The maximum atomic E-state index is 7.03. The van der Waals surface area contributed by atoms with E-state index in [0.29, 0.717) is 11.0 Å². The molecule has 2 atom stereocenters. The summed E-state index contributed by atoms with van der Waals surface area (Å²) in [5, 5.41) is 2.71. The molecule has 0 heterocycles. The van der Waals surface area contributed by atoms with Gasteiger partial charge in [-0.05, 0) is 4.66 Å². The molecule has 2 aromatic rings. The van der Waals surface area contributed by atoms with E-state index in [1.54, 1.807) is 0 Å². The molecule has 128 valence electrons. The van der Waals surface area contributed by atoms with Gasteiger partial charge in [-0.25, -0.2) is 0 Å². The second-order valence-corrected chi connectivity index (χ2v) is 17.8. The van der Waals surface area contributed by atoms with Crippen molar-refractivity contribution in [1.29, 1.82) is 0 Å². The number of benzene rings is 2. The molecule has 0 aliphatic heterocycles. The lowest BCUT2D eigenvalue weighted by atomic mass is 10.4. The maximum absolute atomic E-state index is 7.03. The molecular weight excluding hydrogens is 407 g/mol. The van der Waals surface area contributed by atoms with Gasteiger partial charge >= 0.3 is 0 Å². The second kappa shape index (κ2) is 10.00. The maximum Gasteiger partial charge on any atom is 0.130 e. The number of hydrogen-bond donors (Lipinski definition) is 0. The van der Waals surface area contributed by atoms with Gasteiger partial charge in [-0.1, -0.05) is 101 Å². The molecule has 2 rings (SSSR count). The van der Waals surface area contributed by atoms with Crippen molar-refractivity contribution in [1.82, 2.24) is 0 Å². The summed E-state index contributed by atoms with van der Waals surface area (Å²) in [6.07, 6.45) is 0. The molecule has 0 fully saturated rings. The van der Waals surface area contributed by atoms with Crippen molar-refractivity contribution in [3.05, 3.63) is 70.1 Å². The summed E-state index contributed by atoms with van der Waals surface area (Å²) in [6, 6.07) is 21.2. The molecule has 24 heavy (non-hydrogen) atoms. The van der Waals surface area contributed by atoms with Crippen molar-refractivity contribution < 1.29 is 0 Å². The molecule has 2 aromatic carbocycles. The standard InChI is InChI=1S/C18H23Cl3Si3/c1-22(2)18(24(14-20)16-11-7-4-8-12-16)17(21)23(13-19)15-9-5-3-6-10-15/h3-12,22-24H,13-14H2,1-2H3/b18-17+. The summed E-state index contributed by atoms with van der Waals surface area (Å²) < 4.78 is 1.08. The summed E-state index contributed by atoms with van der Waals surface area (Å²) in [7, 11) is -4.08. The van der Waals surface area contributed by atoms with E-state index in [0.717, 1.165) is 4.66 Å². The molecule has 0 N–H and O–H groups in total. The predicted molar refractivity (Wildman–Crippen MR) is 120 cm³/mol. The third-order valence-electron chi connectivity index (χ3n) is 4.29. The van der Waals surface area contributed by atoms with Crippen LogP contribution in [0.1, 0.15) is 0 Å². The zero-order chi connectivity index (χ0) is 17.5. The van der Waals surface area contributed by atoms with E-state index in [9.17, 15) is 0 Å². The first kappa shape index (κ1) is 20.0. The molecule has 0 aromatic heterocycles. The molecular formula is C18H23Cl3Si3. The molecule has 6 heteroatoms. The van der Waals surface area contributed by atoms with Gasteiger partial charge in [0, 0.05) is 11.0 Å². The van der Waals surface area contributed by atoms with Crippen molar-refractivity contribution in [2.24, 2.45) is 0 Å². The summed E-state index contributed by atoms with van der Waals surface area (Å²) in [5.41, 5.74) is 1.32. The van der Waals surface area contributed by atoms with Crippen molar-refractivity contribution in [2.45, 2.75) is 13.1 Å². The SMILES string of the molecule is C[SiH](C)/C(=C(/Cl)[SiH](CCl)c1ccccc1)[SiH](CCl)c1ccccc1. The Labute approximate surface area is 165 Å². The highest BCUT2D eigenvalue weighted by atomic mass is 35.5. The Hall–Kier alpha value is -0.299. The Morgan fingerprint density at radius 2 is 1.17 bits per heavy atom. The average Bonchev–Trinajstić information content (AvgIpc) is 2.61. The Bertz CT molecular complexity index is 660. The molecule has 0 aliphatic carbocycles. The number of hydrogen-bond acceptors (Lipinski definition) is 0.